The summed E-state index contributed by atoms with van der Waals surface area (Å²) in [7, 11) is 1.45. The molecule has 0 aromatic carbocycles. The number of rotatable bonds is 14. The van der Waals surface area contributed by atoms with Crippen LogP contribution in [0.15, 0.2) is 12.7 Å². The summed E-state index contributed by atoms with van der Waals surface area (Å²) in [6.07, 6.45) is 15.6. The molecule has 0 heterocycles. The van der Waals surface area contributed by atoms with E-state index in [1.54, 1.807) is 4.90 Å². The number of hydrogen-bond acceptors (Lipinski definition) is 2. The van der Waals surface area contributed by atoms with Crippen LogP contribution >= 0.6 is 0 Å². The molecule has 0 saturated carbocycles. The van der Waals surface area contributed by atoms with Crippen molar-refractivity contribution < 1.29 is 9.53 Å². The van der Waals surface area contributed by atoms with Crippen LogP contribution < -0.4 is 0 Å². The first-order valence-corrected chi connectivity index (χ1v) is 8.70. The molecule has 0 spiro atoms. The maximum absolute atomic E-state index is 11.6. The molecule has 0 aromatic heterocycles. The predicted octanol–water partition coefficient (Wildman–Crippen LogP) is 5.55. The first-order chi connectivity index (χ1) is 10.3. The number of amides is 1. The molecule has 0 unspecified atom stereocenters. The molecule has 0 saturated heterocycles. The summed E-state index contributed by atoms with van der Waals surface area (Å²) in [5.41, 5.74) is 0. The molecule has 0 fully saturated rings. The van der Waals surface area contributed by atoms with Gasteiger partial charge in [0.1, 0.15) is 0 Å². The van der Waals surface area contributed by atoms with Crippen molar-refractivity contribution in [3.63, 3.8) is 0 Å². The molecule has 0 N–H and O–H groups in total. The van der Waals surface area contributed by atoms with Gasteiger partial charge in [-0.3, -0.25) is 0 Å². The lowest BCUT2D eigenvalue weighted by Gasteiger charge is -2.20. The highest BCUT2D eigenvalue weighted by Crippen LogP contribution is 2.11. The minimum Gasteiger partial charge on any atom is -0.453 e. The van der Waals surface area contributed by atoms with Crippen LogP contribution in [0.25, 0.3) is 0 Å². The van der Waals surface area contributed by atoms with Crippen LogP contribution in [0.1, 0.15) is 77.6 Å². The van der Waals surface area contributed by atoms with Gasteiger partial charge in [-0.2, -0.15) is 0 Å². The number of unbranched alkanes of at least 4 members (excludes halogenated alkanes) is 9. The van der Waals surface area contributed by atoms with Crippen LogP contribution in [0.5, 0.6) is 0 Å². The minimum atomic E-state index is -0.215. The van der Waals surface area contributed by atoms with Crippen molar-refractivity contribution in [3.05, 3.63) is 12.7 Å². The number of hydrogen-bond donors (Lipinski definition) is 0. The smallest absolute Gasteiger partial charge is 0.409 e. The lowest BCUT2D eigenvalue weighted by atomic mass is 10.1. The second-order valence-corrected chi connectivity index (χ2v) is 5.72. The Balaban J connectivity index is 3.48. The molecule has 0 radical (unpaired) electrons. The standard InChI is InChI=1S/C18H35NO2/c1-4-6-8-9-10-11-12-13-14-15-17-19(16-7-5-2)18(20)21-3/h5H,2,4,6-17H2,1,3H3. The summed E-state index contributed by atoms with van der Waals surface area (Å²) in [5, 5.41) is 0. The summed E-state index contributed by atoms with van der Waals surface area (Å²) in [4.78, 5) is 13.4. The maximum Gasteiger partial charge on any atom is 0.409 e. The summed E-state index contributed by atoms with van der Waals surface area (Å²) >= 11 is 0. The van der Waals surface area contributed by atoms with Gasteiger partial charge in [0.15, 0.2) is 0 Å². The molecule has 0 bridgehead atoms. The van der Waals surface area contributed by atoms with Crippen LogP contribution in [-0.4, -0.2) is 31.2 Å². The van der Waals surface area contributed by atoms with Crippen molar-refractivity contribution in [2.75, 3.05) is 20.2 Å². The molecule has 21 heavy (non-hydrogen) atoms. The van der Waals surface area contributed by atoms with Crippen LogP contribution in [0.3, 0.4) is 0 Å². The highest BCUT2D eigenvalue weighted by Gasteiger charge is 2.11. The minimum absolute atomic E-state index is 0.215. The Bertz CT molecular complexity index is 254. The van der Waals surface area contributed by atoms with Gasteiger partial charge in [0.2, 0.25) is 0 Å². The maximum atomic E-state index is 11.6. The average Bonchev–Trinajstić information content (AvgIpc) is 2.51. The fraction of sp³-hybridized carbons (Fsp3) is 0.833. The SMILES string of the molecule is C=CCCN(CCCCCCCCCCCC)C(=O)OC. The summed E-state index contributed by atoms with van der Waals surface area (Å²) in [6, 6.07) is 0. The van der Waals surface area contributed by atoms with E-state index in [4.69, 9.17) is 4.74 Å². The summed E-state index contributed by atoms with van der Waals surface area (Å²) in [6.45, 7) is 7.47. The molecule has 0 aliphatic carbocycles. The van der Waals surface area contributed by atoms with E-state index in [1.807, 2.05) is 6.08 Å². The molecular formula is C18H35NO2. The van der Waals surface area contributed by atoms with E-state index < -0.39 is 0 Å². The fourth-order valence-electron chi connectivity index (χ4n) is 2.46. The van der Waals surface area contributed by atoms with Crippen LogP contribution in [0.4, 0.5) is 4.79 Å². The average molecular weight is 297 g/mol. The van der Waals surface area contributed by atoms with Gasteiger partial charge >= 0.3 is 6.09 Å². The van der Waals surface area contributed by atoms with Gasteiger partial charge in [0.05, 0.1) is 7.11 Å². The molecule has 3 heteroatoms. The van der Waals surface area contributed by atoms with Gasteiger partial charge in [0, 0.05) is 13.1 Å². The fourth-order valence-corrected chi connectivity index (χ4v) is 2.46. The molecule has 124 valence electrons. The first-order valence-electron chi connectivity index (χ1n) is 8.70. The Hall–Kier alpha value is -0.990. The number of methoxy groups -OCH3 is 1. The van der Waals surface area contributed by atoms with Crippen molar-refractivity contribution in [2.24, 2.45) is 0 Å². The van der Waals surface area contributed by atoms with E-state index in [0.717, 1.165) is 19.4 Å². The second-order valence-electron chi connectivity index (χ2n) is 5.72. The van der Waals surface area contributed by atoms with Crippen molar-refractivity contribution >= 4 is 6.09 Å². The predicted molar refractivity (Wildman–Crippen MR) is 90.6 cm³/mol. The number of ether oxygens (including phenoxy) is 1. The van der Waals surface area contributed by atoms with E-state index >= 15 is 0 Å². The first kappa shape index (κ1) is 20.0. The number of nitrogens with zero attached hydrogens (tertiary/aromatic N) is 1. The molecule has 0 aliphatic heterocycles. The quantitative estimate of drug-likeness (QED) is 0.311. The molecular weight excluding hydrogens is 262 g/mol. The molecule has 0 atom stereocenters. The number of carbonyl (C=O) groups is 1. The molecule has 0 aromatic rings. The molecule has 0 rings (SSSR count). The third-order valence-electron chi connectivity index (χ3n) is 3.82. The van der Waals surface area contributed by atoms with E-state index in [1.165, 1.54) is 64.9 Å². The van der Waals surface area contributed by atoms with Gasteiger partial charge in [-0.25, -0.2) is 4.79 Å². The normalized spacial score (nSPS) is 10.4. The Labute approximate surface area is 131 Å². The topological polar surface area (TPSA) is 29.5 Å². The zero-order valence-electron chi connectivity index (χ0n) is 14.2. The highest BCUT2D eigenvalue weighted by molar-refractivity contribution is 5.67. The van der Waals surface area contributed by atoms with Crippen molar-refractivity contribution in [3.8, 4) is 0 Å². The van der Waals surface area contributed by atoms with Gasteiger partial charge in [-0.05, 0) is 12.8 Å². The van der Waals surface area contributed by atoms with Gasteiger partial charge < -0.3 is 9.64 Å². The molecule has 1 amide bonds. The van der Waals surface area contributed by atoms with E-state index in [2.05, 4.69) is 13.5 Å². The zero-order chi connectivity index (χ0) is 15.8. The van der Waals surface area contributed by atoms with Gasteiger partial charge in [-0.15, -0.1) is 6.58 Å². The van der Waals surface area contributed by atoms with E-state index in [0.29, 0.717) is 6.54 Å². The second kappa shape index (κ2) is 15.4. The monoisotopic (exact) mass is 297 g/mol. The van der Waals surface area contributed by atoms with Crippen LogP contribution in [0, 0.1) is 0 Å². The Morgan fingerprint density at radius 3 is 1.95 bits per heavy atom. The number of carbonyl (C=O) groups excluding carboxylic acids is 1. The lowest BCUT2D eigenvalue weighted by molar-refractivity contribution is 0.123. The van der Waals surface area contributed by atoms with Crippen LogP contribution in [-0.2, 0) is 4.74 Å². The van der Waals surface area contributed by atoms with E-state index in [9.17, 15) is 4.79 Å². The van der Waals surface area contributed by atoms with Gasteiger partial charge in [-0.1, -0.05) is 70.8 Å². The molecule has 0 aliphatic rings. The van der Waals surface area contributed by atoms with Crippen molar-refractivity contribution in [2.45, 2.75) is 77.6 Å². The van der Waals surface area contributed by atoms with Crippen molar-refractivity contribution in [1.29, 1.82) is 0 Å². The lowest BCUT2D eigenvalue weighted by Crippen LogP contribution is -2.32. The third-order valence-corrected chi connectivity index (χ3v) is 3.82. The zero-order valence-corrected chi connectivity index (χ0v) is 14.2. The Morgan fingerprint density at radius 2 is 1.48 bits per heavy atom. The Kier molecular flexibility index (Phi) is 14.7. The highest BCUT2D eigenvalue weighted by atomic mass is 16.5. The van der Waals surface area contributed by atoms with Crippen LogP contribution in [0.2, 0.25) is 0 Å². The third kappa shape index (κ3) is 12.5. The summed E-state index contributed by atoms with van der Waals surface area (Å²) < 4.78 is 4.80. The Morgan fingerprint density at radius 1 is 0.952 bits per heavy atom. The van der Waals surface area contributed by atoms with Gasteiger partial charge in [0.25, 0.3) is 0 Å². The summed E-state index contributed by atoms with van der Waals surface area (Å²) in [5.74, 6) is 0. The molecule has 3 nitrogen and oxygen atoms in total. The van der Waals surface area contributed by atoms with E-state index in [-0.39, 0.29) is 6.09 Å². The largest absolute Gasteiger partial charge is 0.453 e. The van der Waals surface area contributed by atoms with Crippen molar-refractivity contribution in [1.82, 2.24) is 4.90 Å².